The van der Waals surface area contributed by atoms with E-state index in [-0.39, 0.29) is 24.8 Å². The van der Waals surface area contributed by atoms with E-state index in [1.165, 1.54) is 24.6 Å². The maximum Gasteiger partial charge on any atom is 0.262 e. The highest BCUT2D eigenvalue weighted by Gasteiger charge is 2.45. The van der Waals surface area contributed by atoms with E-state index in [1.54, 1.807) is 18.3 Å². The molecule has 4 aromatic rings. The second kappa shape index (κ2) is 18.5. The lowest BCUT2D eigenvalue weighted by Crippen LogP contribution is -2.54. The second-order valence-electron chi connectivity index (χ2n) is 17.4. The number of nitrogens with zero attached hydrogens (tertiary/aromatic N) is 8. The van der Waals surface area contributed by atoms with Crippen LogP contribution in [0.2, 0.25) is 0 Å². The number of anilines is 3. The minimum atomic E-state index is -0.969. The number of allylic oxidation sites excluding steroid dienone is 1. The Morgan fingerprint density at radius 2 is 1.62 bits per heavy atom. The first-order chi connectivity index (χ1) is 30.8. The van der Waals surface area contributed by atoms with E-state index in [2.05, 4.69) is 60.7 Å². The fourth-order valence-corrected chi connectivity index (χ4v) is 9.98. The summed E-state index contributed by atoms with van der Waals surface area (Å²) in [5.74, 6) is -0.580. The zero-order valence-corrected chi connectivity index (χ0v) is 35.5. The van der Waals surface area contributed by atoms with Gasteiger partial charge < -0.3 is 25.8 Å². The predicted octanol–water partition coefficient (Wildman–Crippen LogP) is 4.95. The third-order valence-electron chi connectivity index (χ3n) is 13.6. The van der Waals surface area contributed by atoms with Crippen molar-refractivity contribution in [1.82, 2.24) is 35.0 Å². The highest BCUT2D eigenvalue weighted by Crippen LogP contribution is 2.34. The van der Waals surface area contributed by atoms with Crippen molar-refractivity contribution >= 4 is 63.8 Å². The maximum absolute atomic E-state index is 13.3. The van der Waals surface area contributed by atoms with Gasteiger partial charge in [-0.05, 0) is 99.0 Å². The molecule has 1 aliphatic carbocycles. The van der Waals surface area contributed by atoms with E-state index in [0.717, 1.165) is 99.7 Å². The van der Waals surface area contributed by atoms with Crippen LogP contribution in [-0.4, -0.2) is 124 Å². The number of carbonyl (C=O) groups is 4. The molecule has 0 radical (unpaired) electrons. The minimum Gasteiger partial charge on any atom is -0.404 e. The molecule has 0 spiro atoms. The molecule has 16 heteroatoms. The lowest BCUT2D eigenvalue weighted by atomic mass is 9.89. The van der Waals surface area contributed by atoms with Crippen molar-refractivity contribution in [2.45, 2.75) is 75.8 Å². The number of aromatic amines is 1. The number of hydrogen-bond donors (Lipinski definition) is 4. The molecule has 4 aliphatic heterocycles. The van der Waals surface area contributed by atoms with Gasteiger partial charge in [0.15, 0.2) is 0 Å². The van der Waals surface area contributed by atoms with E-state index >= 15 is 0 Å². The first-order valence-electron chi connectivity index (χ1n) is 22.4. The average molecular weight is 851 g/mol. The van der Waals surface area contributed by atoms with Gasteiger partial charge in [0.2, 0.25) is 17.8 Å². The van der Waals surface area contributed by atoms with Crippen LogP contribution in [0.15, 0.2) is 65.9 Å². The Balaban J connectivity index is 0.741. The lowest BCUT2D eigenvalue weighted by Gasteiger charge is -2.38. The summed E-state index contributed by atoms with van der Waals surface area (Å²) in [7, 11) is 0. The monoisotopic (exact) mass is 850 g/mol. The predicted molar refractivity (Wildman–Crippen MR) is 240 cm³/mol. The van der Waals surface area contributed by atoms with E-state index in [1.807, 2.05) is 18.3 Å². The average Bonchev–Trinajstić information content (AvgIpc) is 4.07. The number of rotatable bonds is 13. The van der Waals surface area contributed by atoms with E-state index < -0.39 is 23.8 Å². The van der Waals surface area contributed by atoms with Crippen LogP contribution in [0.25, 0.3) is 16.6 Å². The molecule has 6 heterocycles. The zero-order chi connectivity index (χ0) is 43.5. The highest BCUT2D eigenvalue weighted by atomic mass is 16.2. The third-order valence-corrected chi connectivity index (χ3v) is 13.6. The van der Waals surface area contributed by atoms with Crippen molar-refractivity contribution < 1.29 is 19.2 Å². The molecule has 2 atom stereocenters. The standard InChI is InChI=1S/C47H54N12O4/c48-17-13-39(32-3-1-2-4-32)51-29-33(28-49)42-37-14-18-50-43(37)55-47(54-42)52-34-7-5-30(6-8-34)31-15-19-56(20-16-31)21-22-57-23-25-58(26-24-57)35-9-10-36-38(27-35)46(63)59(45(36)62)40-11-12-41(60)53-44(40)61/h5-10,14,18,27-29,31-32,39-40H,1-4,11-13,15-16,19-26,49H2,(H,53,60,61)(H2,50,52,54,55)/b33-28+,51-29?. The van der Waals surface area contributed by atoms with Gasteiger partial charge in [0, 0.05) is 86.6 Å². The number of H-pyrrole nitrogens is 1. The van der Waals surface area contributed by atoms with Gasteiger partial charge in [0.25, 0.3) is 11.8 Å². The van der Waals surface area contributed by atoms with Crippen LogP contribution in [0.3, 0.4) is 0 Å². The second-order valence-corrected chi connectivity index (χ2v) is 17.4. The molecule has 326 valence electrons. The van der Waals surface area contributed by atoms with Crippen molar-refractivity contribution in [2.75, 3.05) is 62.6 Å². The van der Waals surface area contributed by atoms with Crippen molar-refractivity contribution in [2.24, 2.45) is 16.6 Å². The number of piperidine rings is 2. The zero-order valence-electron chi connectivity index (χ0n) is 35.5. The van der Waals surface area contributed by atoms with Crippen molar-refractivity contribution in [3.63, 3.8) is 0 Å². The van der Waals surface area contributed by atoms with Crippen molar-refractivity contribution in [3.05, 3.63) is 83.3 Å². The molecule has 4 fully saturated rings. The lowest BCUT2D eigenvalue weighted by molar-refractivity contribution is -0.136. The Hall–Kier alpha value is -6.44. The number of aromatic nitrogens is 3. The van der Waals surface area contributed by atoms with E-state index in [4.69, 9.17) is 20.7 Å². The molecule has 4 amide bonds. The number of likely N-dealkylation sites (tertiary alicyclic amines) is 1. The number of piperazine rings is 1. The molecule has 3 saturated heterocycles. The first-order valence-corrected chi connectivity index (χ1v) is 22.4. The van der Waals surface area contributed by atoms with Gasteiger partial charge in [0.05, 0.1) is 35.4 Å². The van der Waals surface area contributed by atoms with Crippen molar-refractivity contribution in [1.29, 1.82) is 5.26 Å². The quantitative estimate of drug-likeness (QED) is 0.104. The molecular formula is C47H54N12O4. The van der Waals surface area contributed by atoms with Crippen LogP contribution in [0.4, 0.5) is 17.3 Å². The molecule has 2 aromatic heterocycles. The Morgan fingerprint density at radius 3 is 2.33 bits per heavy atom. The van der Waals surface area contributed by atoms with Crippen molar-refractivity contribution in [3.8, 4) is 6.07 Å². The molecule has 1 saturated carbocycles. The largest absolute Gasteiger partial charge is 0.404 e. The summed E-state index contributed by atoms with van der Waals surface area (Å²) < 4.78 is 0. The van der Waals surface area contributed by atoms with Crippen LogP contribution in [-0.2, 0) is 9.59 Å². The summed E-state index contributed by atoms with van der Waals surface area (Å²) in [6.45, 7) is 7.53. The van der Waals surface area contributed by atoms with Gasteiger partial charge in [-0.2, -0.15) is 10.2 Å². The summed E-state index contributed by atoms with van der Waals surface area (Å²) in [6.07, 6.45) is 12.5. The fraction of sp³-hybridized carbons (Fsp3) is 0.447. The summed E-state index contributed by atoms with van der Waals surface area (Å²) in [5, 5.41) is 16.0. The van der Waals surface area contributed by atoms with Gasteiger partial charge in [-0.1, -0.05) is 25.0 Å². The van der Waals surface area contributed by atoms with Gasteiger partial charge in [-0.15, -0.1) is 0 Å². The Morgan fingerprint density at radius 1 is 0.889 bits per heavy atom. The van der Waals surface area contributed by atoms with E-state index in [0.29, 0.717) is 52.2 Å². The van der Waals surface area contributed by atoms with Gasteiger partial charge in [0.1, 0.15) is 11.7 Å². The van der Waals surface area contributed by atoms with Crippen LogP contribution < -0.4 is 21.3 Å². The third kappa shape index (κ3) is 8.93. The number of nitriles is 1. The Labute approximate surface area is 366 Å². The number of hydrogen-bond acceptors (Lipinski definition) is 13. The minimum absolute atomic E-state index is 0.0475. The molecule has 9 rings (SSSR count). The number of benzene rings is 2. The number of nitrogens with two attached hydrogens (primary N) is 1. The summed E-state index contributed by atoms with van der Waals surface area (Å²) >= 11 is 0. The van der Waals surface area contributed by atoms with Crippen LogP contribution in [0, 0.1) is 17.2 Å². The van der Waals surface area contributed by atoms with Gasteiger partial charge >= 0.3 is 0 Å². The topological polar surface area (TPSA) is 209 Å². The Bertz CT molecular complexity index is 2470. The summed E-state index contributed by atoms with van der Waals surface area (Å²) in [6, 6.07) is 17.2. The van der Waals surface area contributed by atoms with Gasteiger partial charge in [-0.25, -0.2) is 4.98 Å². The number of amides is 4. The number of aliphatic imine (C=N–C) groups is 1. The van der Waals surface area contributed by atoms with Crippen LogP contribution >= 0.6 is 0 Å². The number of nitrogens with one attached hydrogen (secondary N) is 3. The molecule has 0 bridgehead atoms. The van der Waals surface area contributed by atoms with Crippen LogP contribution in [0.1, 0.15) is 95.7 Å². The van der Waals surface area contributed by atoms with E-state index in [9.17, 15) is 24.4 Å². The summed E-state index contributed by atoms with van der Waals surface area (Å²) in [4.78, 5) is 76.6. The molecule has 5 N–H and O–H groups in total. The SMILES string of the molecule is N#CCC(N=C/C(=C\N)c1nc(Nc2ccc(C3CCN(CCN4CCN(c5ccc6c(c5)C(=O)N(C5CCC(=O)NC5=O)C6=O)CC4)CC3)cc2)nc2[nH]ccc12)C1CCCC1. The molecule has 16 nitrogen and oxygen atoms in total. The number of carbonyl (C=O) groups excluding carboxylic acids is 4. The summed E-state index contributed by atoms with van der Waals surface area (Å²) in [5.41, 5.74) is 11.9. The smallest absolute Gasteiger partial charge is 0.262 e. The molecule has 2 unspecified atom stereocenters. The number of fused-ring (bicyclic) bond motifs is 2. The van der Waals surface area contributed by atoms with Crippen LogP contribution in [0.5, 0.6) is 0 Å². The molecule has 5 aliphatic rings. The Kier molecular flexibility index (Phi) is 12.3. The normalized spacial score (nSPS) is 21.4. The number of imide groups is 2. The molecule has 2 aromatic carbocycles. The highest BCUT2D eigenvalue weighted by molar-refractivity contribution is 6.23. The maximum atomic E-state index is 13.3. The van der Waals surface area contributed by atoms with Gasteiger partial charge in [-0.3, -0.25) is 39.3 Å². The molecular weight excluding hydrogens is 797 g/mol. The molecule has 63 heavy (non-hydrogen) atoms. The first kappa shape index (κ1) is 41.9. The fourth-order valence-electron chi connectivity index (χ4n) is 9.98.